The molecule has 2 rings (SSSR count). The first kappa shape index (κ1) is 12.9. The number of nitrogens with zero attached hydrogens (tertiary/aromatic N) is 1. The molecule has 1 atom stereocenters. The Kier molecular flexibility index (Phi) is 3.55. The summed E-state index contributed by atoms with van der Waals surface area (Å²) in [4.78, 5) is 10.9. The molecule has 0 bridgehead atoms. The van der Waals surface area contributed by atoms with E-state index in [4.69, 9.17) is 0 Å². The topological polar surface area (TPSA) is 22.0 Å². The number of aromatic nitrogens is 1. The molecule has 0 saturated carbocycles. The van der Waals surface area contributed by atoms with E-state index >= 15 is 0 Å². The first-order chi connectivity index (χ1) is 8.58. The fourth-order valence-corrected chi connectivity index (χ4v) is 2.42. The van der Waals surface area contributed by atoms with Crippen LogP contribution in [0.2, 0.25) is 0 Å². The van der Waals surface area contributed by atoms with Crippen LogP contribution in [-0.4, -0.2) is 10.9 Å². The lowest BCUT2D eigenvalue weighted by Crippen LogP contribution is -2.08. The molecule has 0 radical (unpaired) electrons. The van der Waals surface area contributed by atoms with Crippen LogP contribution >= 0.6 is 0 Å². The molecule has 2 nitrogen and oxygen atoms in total. The predicted octanol–water partition coefficient (Wildman–Crippen LogP) is 4.12. The van der Waals surface area contributed by atoms with Crippen molar-refractivity contribution in [1.29, 1.82) is 0 Å². The van der Waals surface area contributed by atoms with Gasteiger partial charge in [0.2, 0.25) is 0 Å². The Morgan fingerprint density at radius 3 is 2.67 bits per heavy atom. The monoisotopic (exact) mass is 243 g/mol. The predicted molar refractivity (Wildman–Crippen MR) is 76.3 cm³/mol. The Hall–Kier alpha value is -1.57. The van der Waals surface area contributed by atoms with Gasteiger partial charge in [0, 0.05) is 28.7 Å². The molecule has 0 spiro atoms. The Bertz CT molecular complexity index is 580. The van der Waals surface area contributed by atoms with Crippen LogP contribution in [0.15, 0.2) is 18.2 Å². The van der Waals surface area contributed by atoms with Crippen LogP contribution in [-0.2, 0) is 6.54 Å². The van der Waals surface area contributed by atoms with Crippen LogP contribution in [0.3, 0.4) is 0 Å². The van der Waals surface area contributed by atoms with E-state index in [0.29, 0.717) is 5.92 Å². The van der Waals surface area contributed by atoms with Gasteiger partial charge in [-0.15, -0.1) is 0 Å². The number of aryl methyl sites for hydroxylation is 1. The quantitative estimate of drug-likeness (QED) is 0.740. The molecule has 1 aromatic carbocycles. The van der Waals surface area contributed by atoms with E-state index in [-0.39, 0.29) is 0 Å². The summed E-state index contributed by atoms with van der Waals surface area (Å²) in [6.45, 7) is 9.86. The number of aldehydes is 1. The molecule has 1 aromatic heterocycles. The van der Waals surface area contributed by atoms with Gasteiger partial charge in [0.05, 0.1) is 0 Å². The van der Waals surface area contributed by atoms with Crippen LogP contribution in [0.25, 0.3) is 10.9 Å². The zero-order valence-electron chi connectivity index (χ0n) is 11.7. The van der Waals surface area contributed by atoms with Gasteiger partial charge in [0.1, 0.15) is 6.29 Å². The number of benzene rings is 1. The zero-order valence-corrected chi connectivity index (χ0v) is 11.7. The lowest BCUT2D eigenvalue weighted by Gasteiger charge is -2.13. The van der Waals surface area contributed by atoms with Gasteiger partial charge in [0.15, 0.2) is 0 Å². The Morgan fingerprint density at radius 1 is 1.33 bits per heavy atom. The molecule has 0 saturated heterocycles. The number of carbonyl (C=O) groups excluding carboxylic acids is 1. The molecular formula is C16H21NO. The summed E-state index contributed by atoms with van der Waals surface area (Å²) in [6.07, 6.45) is 2.10. The molecule has 1 unspecified atom stereocenters. The smallest absolute Gasteiger partial charge is 0.150 e. The van der Waals surface area contributed by atoms with Gasteiger partial charge in [-0.25, -0.2) is 0 Å². The molecule has 0 aliphatic heterocycles. The van der Waals surface area contributed by atoms with E-state index in [0.717, 1.165) is 18.4 Å². The Labute approximate surface area is 109 Å². The van der Waals surface area contributed by atoms with Crippen LogP contribution in [0.4, 0.5) is 0 Å². The summed E-state index contributed by atoms with van der Waals surface area (Å²) in [5, 5.41) is 1.21. The van der Waals surface area contributed by atoms with Crippen LogP contribution in [0.5, 0.6) is 0 Å². The third-order valence-electron chi connectivity index (χ3n) is 3.99. The molecule has 2 heteroatoms. The first-order valence-corrected chi connectivity index (χ1v) is 6.63. The maximum atomic E-state index is 10.9. The maximum absolute atomic E-state index is 10.9. The van der Waals surface area contributed by atoms with Gasteiger partial charge in [-0.3, -0.25) is 4.79 Å². The van der Waals surface area contributed by atoms with Gasteiger partial charge < -0.3 is 4.57 Å². The van der Waals surface area contributed by atoms with E-state index in [2.05, 4.69) is 38.3 Å². The summed E-state index contributed by atoms with van der Waals surface area (Å²) in [6, 6.07) is 5.97. The van der Waals surface area contributed by atoms with Gasteiger partial charge >= 0.3 is 0 Å². The number of carbonyl (C=O) groups is 1. The highest BCUT2D eigenvalue weighted by Crippen LogP contribution is 2.27. The van der Waals surface area contributed by atoms with Gasteiger partial charge in [0.25, 0.3) is 0 Å². The number of rotatable bonds is 4. The highest BCUT2D eigenvalue weighted by Gasteiger charge is 2.12. The summed E-state index contributed by atoms with van der Waals surface area (Å²) >= 11 is 0. The first-order valence-electron chi connectivity index (χ1n) is 6.63. The minimum atomic E-state index is 0.671. The summed E-state index contributed by atoms with van der Waals surface area (Å²) in [5.74, 6) is 0.671. The summed E-state index contributed by atoms with van der Waals surface area (Å²) in [5.41, 5.74) is 4.60. The van der Waals surface area contributed by atoms with Crippen LogP contribution in [0.1, 0.15) is 41.9 Å². The number of hydrogen-bond acceptors (Lipinski definition) is 1. The van der Waals surface area contributed by atoms with Crippen LogP contribution in [0, 0.1) is 19.8 Å². The average molecular weight is 243 g/mol. The molecule has 0 amide bonds. The van der Waals surface area contributed by atoms with E-state index in [1.165, 1.54) is 28.6 Å². The maximum Gasteiger partial charge on any atom is 0.150 e. The second kappa shape index (κ2) is 4.97. The van der Waals surface area contributed by atoms with Crippen molar-refractivity contribution in [3.05, 3.63) is 35.0 Å². The third-order valence-corrected chi connectivity index (χ3v) is 3.99. The molecule has 2 aromatic rings. The standard InChI is InChI=1S/C16H21NO/c1-5-11(2)9-17-13(4)12(3)15-8-14(10-18)6-7-16(15)17/h6-8,10-11H,5,9H2,1-4H3. The lowest BCUT2D eigenvalue weighted by atomic mass is 10.1. The molecule has 0 aliphatic carbocycles. The van der Waals surface area contributed by atoms with E-state index in [1.54, 1.807) is 0 Å². The lowest BCUT2D eigenvalue weighted by molar-refractivity contribution is 0.112. The largest absolute Gasteiger partial charge is 0.344 e. The number of hydrogen-bond donors (Lipinski definition) is 0. The molecule has 0 aliphatic rings. The number of fused-ring (bicyclic) bond motifs is 1. The molecule has 0 N–H and O–H groups in total. The highest BCUT2D eigenvalue weighted by atomic mass is 16.1. The fraction of sp³-hybridized carbons (Fsp3) is 0.438. The van der Waals surface area contributed by atoms with E-state index in [1.807, 2.05) is 12.1 Å². The third kappa shape index (κ3) is 2.07. The van der Waals surface area contributed by atoms with Crippen molar-refractivity contribution >= 4 is 17.2 Å². The minimum Gasteiger partial charge on any atom is -0.344 e. The van der Waals surface area contributed by atoms with Gasteiger partial charge in [-0.2, -0.15) is 0 Å². The molecule has 96 valence electrons. The van der Waals surface area contributed by atoms with Crippen molar-refractivity contribution in [3.8, 4) is 0 Å². The van der Waals surface area contributed by atoms with Crippen molar-refractivity contribution in [1.82, 2.24) is 4.57 Å². The van der Waals surface area contributed by atoms with Gasteiger partial charge in [-0.1, -0.05) is 20.3 Å². The molecular weight excluding hydrogens is 222 g/mol. The van der Waals surface area contributed by atoms with Crippen molar-refractivity contribution in [3.63, 3.8) is 0 Å². The molecule has 1 heterocycles. The Morgan fingerprint density at radius 2 is 2.06 bits per heavy atom. The van der Waals surface area contributed by atoms with Crippen molar-refractivity contribution < 1.29 is 4.79 Å². The van der Waals surface area contributed by atoms with Crippen molar-refractivity contribution in [2.75, 3.05) is 0 Å². The van der Waals surface area contributed by atoms with E-state index in [9.17, 15) is 4.79 Å². The zero-order chi connectivity index (χ0) is 13.3. The van der Waals surface area contributed by atoms with Gasteiger partial charge in [-0.05, 0) is 43.5 Å². The SMILES string of the molecule is CCC(C)Cn1c(C)c(C)c2cc(C=O)ccc21. The van der Waals surface area contributed by atoms with Crippen molar-refractivity contribution in [2.24, 2.45) is 5.92 Å². The van der Waals surface area contributed by atoms with Crippen LogP contribution < -0.4 is 0 Å². The Balaban J connectivity index is 2.59. The summed E-state index contributed by atoms with van der Waals surface area (Å²) in [7, 11) is 0. The fourth-order valence-electron chi connectivity index (χ4n) is 2.42. The van der Waals surface area contributed by atoms with Crippen molar-refractivity contribution in [2.45, 2.75) is 40.7 Å². The second-order valence-corrected chi connectivity index (χ2v) is 5.23. The normalized spacial score (nSPS) is 12.9. The molecule has 18 heavy (non-hydrogen) atoms. The highest BCUT2D eigenvalue weighted by molar-refractivity contribution is 5.90. The second-order valence-electron chi connectivity index (χ2n) is 5.23. The summed E-state index contributed by atoms with van der Waals surface area (Å²) < 4.78 is 2.38. The minimum absolute atomic E-state index is 0.671. The average Bonchev–Trinajstić information content (AvgIpc) is 2.63. The molecule has 0 fully saturated rings. The van der Waals surface area contributed by atoms with E-state index < -0.39 is 0 Å².